The molecule has 180 valence electrons. The normalized spacial score (nSPS) is 12.9. The second-order valence-electron chi connectivity index (χ2n) is 7.97. The van der Waals surface area contributed by atoms with Gasteiger partial charge in [-0.15, -0.1) is 0 Å². The van der Waals surface area contributed by atoms with E-state index in [0.717, 1.165) is 0 Å². The fourth-order valence-corrected chi connectivity index (χ4v) is 1.66. The third-order valence-electron chi connectivity index (χ3n) is 4.07. The molecule has 12 nitrogen and oxygen atoms in total. The first-order chi connectivity index (χ1) is 13.6. The Morgan fingerprint density at radius 1 is 0.742 bits per heavy atom. The van der Waals surface area contributed by atoms with E-state index in [2.05, 4.69) is 10.6 Å². The number of carboxylic acids is 2. The fraction of sp³-hybridized carbons (Fsp3) is 0.778. The van der Waals surface area contributed by atoms with Crippen LogP contribution in [0.3, 0.4) is 0 Å². The van der Waals surface area contributed by atoms with Crippen molar-refractivity contribution in [3.05, 3.63) is 0 Å². The maximum Gasteiger partial charge on any atom is 2.00 e. The number of aliphatic carboxylic acids is 2. The summed E-state index contributed by atoms with van der Waals surface area (Å²) in [5.74, 6) is -3.39. The molecule has 0 unspecified atom stereocenters. The van der Waals surface area contributed by atoms with Crippen LogP contribution in [0.4, 0.5) is 0 Å². The molecule has 2 atom stereocenters. The van der Waals surface area contributed by atoms with Gasteiger partial charge in [-0.2, -0.15) is 0 Å². The molecule has 0 aromatic carbocycles. The van der Waals surface area contributed by atoms with Crippen molar-refractivity contribution in [3.63, 3.8) is 0 Å². The van der Waals surface area contributed by atoms with Gasteiger partial charge in [0.05, 0.1) is 26.1 Å². The zero-order valence-electron chi connectivity index (χ0n) is 20.4. The molecule has 0 aromatic rings. The van der Waals surface area contributed by atoms with Gasteiger partial charge in [-0.05, 0) is 0 Å². The number of amides is 2. The van der Waals surface area contributed by atoms with Crippen LogP contribution in [0.25, 0.3) is 0 Å². The van der Waals surface area contributed by atoms with Crippen molar-refractivity contribution in [2.45, 2.75) is 52.7 Å². The fourth-order valence-electron chi connectivity index (χ4n) is 1.66. The van der Waals surface area contributed by atoms with E-state index in [1.807, 2.05) is 0 Å². The van der Waals surface area contributed by atoms with E-state index in [1.54, 1.807) is 0 Å². The number of carbonyl (C=O) groups excluding carboxylic acids is 2. The SMILES string of the molecule is CC(C)(CO)[C@@H](O)C(=O)[15NH][13CH2][13CH2][13C](=O)O.CC(C)(CO)[C@@H](O)C(=O)[15NH][13CH2][13CH2][13C](=O)O.[Ca+2].[H-].[H-]. The third-order valence-corrected chi connectivity index (χ3v) is 4.07. The van der Waals surface area contributed by atoms with Crippen molar-refractivity contribution in [2.75, 3.05) is 26.3 Å². The number of aliphatic hydroxyl groups excluding tert-OH is 4. The molecule has 0 spiro atoms. The minimum absolute atomic E-state index is 0. The zero-order valence-corrected chi connectivity index (χ0v) is 20.6. The standard InChI is InChI=1S/2C9H17NO5.Ca.2H/c2*1-9(2,5-11)7(14)8(15)10-4-3-6(12)13;;;/h2*7,11,14H,3-5H2,1-2H3,(H,10,15)(H,12,13);;;/q;;+2;2*-1/t2*7-;;;/m00.../s1/i2*3+1,4+1,6+1,10+1;;;. The molecule has 0 radical (unpaired) electrons. The second-order valence-corrected chi connectivity index (χ2v) is 7.97. The number of rotatable bonds is 12. The van der Waals surface area contributed by atoms with Gasteiger partial charge in [-0.3, -0.25) is 19.2 Å². The van der Waals surface area contributed by atoms with Gasteiger partial charge in [0.25, 0.3) is 0 Å². The van der Waals surface area contributed by atoms with Crippen molar-refractivity contribution < 1.29 is 52.7 Å². The smallest absolute Gasteiger partial charge is 1.00 e. The van der Waals surface area contributed by atoms with E-state index in [1.165, 1.54) is 27.7 Å². The van der Waals surface area contributed by atoms with E-state index in [9.17, 15) is 29.4 Å². The van der Waals surface area contributed by atoms with Crippen molar-refractivity contribution >= 4 is 61.5 Å². The van der Waals surface area contributed by atoms with Crippen LogP contribution in [0, 0.1) is 10.8 Å². The number of hydrogen-bond acceptors (Lipinski definition) is 8. The molecule has 0 heterocycles. The van der Waals surface area contributed by atoms with Crippen molar-refractivity contribution in [2.24, 2.45) is 10.8 Å². The average Bonchev–Trinajstić information content (AvgIpc) is 2.66. The summed E-state index contributed by atoms with van der Waals surface area (Å²) in [5.41, 5.74) is -1.87. The Kier molecular flexibility index (Phi) is 18.5. The summed E-state index contributed by atoms with van der Waals surface area (Å²) in [6, 6.07) is 0. The van der Waals surface area contributed by atoms with Crippen LogP contribution in [0.1, 0.15) is 43.4 Å². The average molecular weight is 489 g/mol. The van der Waals surface area contributed by atoms with Gasteiger partial charge < -0.3 is 44.1 Å². The molecule has 31 heavy (non-hydrogen) atoms. The summed E-state index contributed by atoms with van der Waals surface area (Å²) in [5, 5.41) is 57.9. The number of hydrogen-bond donors (Lipinski definition) is 8. The van der Waals surface area contributed by atoms with Crippen LogP contribution in [0.2, 0.25) is 0 Å². The van der Waals surface area contributed by atoms with Crippen LogP contribution in [-0.4, -0.2) is 131 Å². The number of carbonyl (C=O) groups is 4. The van der Waals surface area contributed by atoms with Crippen LogP contribution in [0.15, 0.2) is 0 Å². The minimum atomic E-state index is -1.35. The maximum atomic E-state index is 11.3. The van der Waals surface area contributed by atoms with Gasteiger partial charge in [-0.1, -0.05) is 27.7 Å². The largest absolute Gasteiger partial charge is 2.00 e. The Hall–Kier alpha value is -1.02. The summed E-state index contributed by atoms with van der Waals surface area (Å²) in [4.78, 5) is 42.8. The minimum Gasteiger partial charge on any atom is -1.00 e. The summed E-state index contributed by atoms with van der Waals surface area (Å²) in [7, 11) is 0. The number of aliphatic hydroxyl groups is 4. The third kappa shape index (κ3) is 15.4. The van der Waals surface area contributed by atoms with E-state index >= 15 is 0 Å². The van der Waals surface area contributed by atoms with Gasteiger partial charge in [0.15, 0.2) is 0 Å². The molecule has 0 saturated carbocycles. The predicted molar refractivity (Wildman–Crippen MR) is 112 cm³/mol. The molecule has 0 saturated heterocycles. The molecular formula is C18H36CaN2O10. The molecule has 0 aromatic heterocycles. The summed E-state index contributed by atoms with van der Waals surface area (Å²) >= 11 is 0. The topological polar surface area (TPSA) is 214 Å². The van der Waals surface area contributed by atoms with Crippen LogP contribution >= 0.6 is 0 Å². The molecular weight excluding hydrogens is 452 g/mol. The molecule has 0 rings (SSSR count). The predicted octanol–water partition coefficient (Wildman–Crippen LogP) is -2.24. The summed E-state index contributed by atoms with van der Waals surface area (Å²) in [6.07, 6.45) is -3.09. The van der Waals surface area contributed by atoms with E-state index in [0.29, 0.717) is 0 Å². The molecule has 0 aliphatic rings. The molecule has 8 N–H and O–H groups in total. The molecule has 0 fully saturated rings. The first kappa shape index (κ1) is 34.6. The molecule has 2 amide bonds. The molecule has 0 bridgehead atoms. The van der Waals surface area contributed by atoms with Gasteiger partial charge in [-0.25, -0.2) is 0 Å². The second kappa shape index (κ2) is 16.6. The molecule has 13 heteroatoms. The Morgan fingerprint density at radius 3 is 1.19 bits per heavy atom. The van der Waals surface area contributed by atoms with Gasteiger partial charge in [0.2, 0.25) is 11.8 Å². The maximum absolute atomic E-state index is 11.3. The Morgan fingerprint density at radius 2 is 1.00 bits per heavy atom. The Bertz CT molecular complexity index is 545. The van der Waals surface area contributed by atoms with E-state index in [4.69, 9.17) is 20.4 Å². The monoisotopic (exact) mass is 488 g/mol. The van der Waals surface area contributed by atoms with E-state index < -0.39 is 46.8 Å². The first-order valence-electron chi connectivity index (χ1n) is 9.19. The Balaban J connectivity index is -0.000000145. The summed E-state index contributed by atoms with van der Waals surface area (Å²) in [6.45, 7) is 5.41. The number of carboxylic acid groups (broad SMARTS) is 2. The van der Waals surface area contributed by atoms with Gasteiger partial charge in [0, 0.05) is 23.9 Å². The van der Waals surface area contributed by atoms with Crippen LogP contribution in [-0.2, 0) is 19.2 Å². The van der Waals surface area contributed by atoms with Gasteiger partial charge in [0.1, 0.15) is 12.2 Å². The summed E-state index contributed by atoms with van der Waals surface area (Å²) < 4.78 is 0. The molecule has 0 aliphatic heterocycles. The van der Waals surface area contributed by atoms with Crippen molar-refractivity contribution in [1.29, 1.82) is 0 Å². The van der Waals surface area contributed by atoms with Crippen LogP contribution in [0.5, 0.6) is 0 Å². The first-order valence-corrected chi connectivity index (χ1v) is 9.19. The Labute approximate surface area is 214 Å². The van der Waals surface area contributed by atoms with Crippen LogP contribution < -0.4 is 10.6 Å². The molecule has 0 aliphatic carbocycles. The number of nitrogens with one attached hydrogen (secondary N) is 2. The zero-order chi connectivity index (χ0) is 24.1. The van der Waals surface area contributed by atoms with Gasteiger partial charge >= 0.3 is 49.7 Å². The van der Waals surface area contributed by atoms with Crippen molar-refractivity contribution in [3.8, 4) is 0 Å². The van der Waals surface area contributed by atoms with Crippen molar-refractivity contribution in [1.82, 2.24) is 10.6 Å². The quantitative estimate of drug-likeness (QED) is 0.0839. The van der Waals surface area contributed by atoms with E-state index in [-0.39, 0.29) is 79.7 Å².